The van der Waals surface area contributed by atoms with Crippen molar-refractivity contribution in [2.24, 2.45) is 0 Å². The van der Waals surface area contributed by atoms with Crippen molar-refractivity contribution in [3.8, 4) is 28.6 Å². The lowest BCUT2D eigenvalue weighted by Crippen LogP contribution is -2.53. The smallest absolute Gasteiger partial charge is 0.181 e. The molecule has 220 valence electrons. The molecule has 0 amide bonds. The average molecular weight is 584 g/mol. The summed E-state index contributed by atoms with van der Waals surface area (Å²) in [6.07, 6.45) is 6.79. The van der Waals surface area contributed by atoms with Gasteiger partial charge in [-0.15, -0.1) is 5.10 Å². The zero-order valence-corrected chi connectivity index (χ0v) is 24.0. The molecular weight excluding hydrogens is 552 g/mol. The summed E-state index contributed by atoms with van der Waals surface area (Å²) in [4.78, 5) is 14.4. The summed E-state index contributed by atoms with van der Waals surface area (Å²) in [5.74, 6) is -0.537. The quantitative estimate of drug-likeness (QED) is 0.313. The Morgan fingerprint density at radius 3 is 2.65 bits per heavy atom. The maximum atomic E-state index is 16.1. The SMILES string of the molecule is CC(C)(O)Cn1nnc2cc(-c3c(-c4ccc(C#N)c(F)c4)nc4c(N5CCC[C@@H](N6CCC6)C5)nccn34)c(F)cc21. The Labute approximate surface area is 246 Å². The molecule has 5 heterocycles. The number of imidazole rings is 1. The molecule has 0 aliphatic carbocycles. The van der Waals surface area contributed by atoms with Gasteiger partial charge in [0.05, 0.1) is 34.6 Å². The molecule has 2 aliphatic rings. The lowest BCUT2D eigenvalue weighted by Gasteiger charge is -2.44. The van der Waals surface area contributed by atoms with E-state index in [1.807, 2.05) is 6.07 Å². The van der Waals surface area contributed by atoms with Gasteiger partial charge in [-0.1, -0.05) is 11.3 Å². The Morgan fingerprint density at radius 1 is 1.09 bits per heavy atom. The molecule has 43 heavy (non-hydrogen) atoms. The molecule has 12 heteroatoms. The third kappa shape index (κ3) is 4.88. The van der Waals surface area contributed by atoms with Crippen molar-refractivity contribution < 1.29 is 13.9 Å². The Balaban J connectivity index is 1.41. The number of hydrogen-bond donors (Lipinski definition) is 1. The fourth-order valence-corrected chi connectivity index (χ4v) is 6.20. The predicted molar refractivity (Wildman–Crippen MR) is 157 cm³/mol. The molecule has 2 aromatic carbocycles. The largest absolute Gasteiger partial charge is 0.389 e. The monoisotopic (exact) mass is 583 g/mol. The van der Waals surface area contributed by atoms with Crippen molar-refractivity contribution in [2.75, 3.05) is 31.1 Å². The highest BCUT2D eigenvalue weighted by molar-refractivity contribution is 5.89. The zero-order valence-electron chi connectivity index (χ0n) is 24.0. The van der Waals surface area contributed by atoms with Crippen molar-refractivity contribution in [1.29, 1.82) is 5.26 Å². The van der Waals surface area contributed by atoms with Gasteiger partial charge in [0.1, 0.15) is 23.2 Å². The van der Waals surface area contributed by atoms with Crippen LogP contribution in [0, 0.1) is 23.0 Å². The molecule has 2 saturated heterocycles. The zero-order chi connectivity index (χ0) is 29.9. The summed E-state index contributed by atoms with van der Waals surface area (Å²) >= 11 is 0. The minimum absolute atomic E-state index is 0.0854. The molecule has 2 aliphatic heterocycles. The van der Waals surface area contributed by atoms with Crippen molar-refractivity contribution >= 4 is 22.5 Å². The van der Waals surface area contributed by atoms with E-state index in [0.717, 1.165) is 39.0 Å². The van der Waals surface area contributed by atoms with Crippen LogP contribution in [0.2, 0.25) is 0 Å². The second kappa shape index (κ2) is 10.4. The Kier molecular flexibility index (Phi) is 6.59. The van der Waals surface area contributed by atoms with Gasteiger partial charge < -0.3 is 10.0 Å². The molecule has 10 nitrogen and oxygen atoms in total. The highest BCUT2D eigenvalue weighted by atomic mass is 19.1. The van der Waals surface area contributed by atoms with E-state index in [2.05, 4.69) is 20.1 Å². The number of anilines is 1. The highest BCUT2D eigenvalue weighted by Gasteiger charge is 2.31. The summed E-state index contributed by atoms with van der Waals surface area (Å²) in [6.45, 7) is 7.29. The molecule has 0 saturated carbocycles. The van der Waals surface area contributed by atoms with Crippen LogP contribution in [0.15, 0.2) is 42.7 Å². The molecule has 2 fully saturated rings. The summed E-state index contributed by atoms with van der Waals surface area (Å²) < 4.78 is 34.3. The van der Waals surface area contributed by atoms with E-state index in [1.165, 1.54) is 29.3 Å². The summed E-state index contributed by atoms with van der Waals surface area (Å²) in [7, 11) is 0. The number of fused-ring (bicyclic) bond motifs is 2. The van der Waals surface area contributed by atoms with Crippen LogP contribution >= 0.6 is 0 Å². The number of rotatable bonds is 6. The van der Waals surface area contributed by atoms with Gasteiger partial charge >= 0.3 is 0 Å². The van der Waals surface area contributed by atoms with Gasteiger partial charge in [-0.3, -0.25) is 9.30 Å². The van der Waals surface area contributed by atoms with Gasteiger partial charge in [0.2, 0.25) is 0 Å². The number of likely N-dealkylation sites (tertiary alicyclic amines) is 1. The highest BCUT2D eigenvalue weighted by Crippen LogP contribution is 2.38. The minimum atomic E-state index is -1.07. The van der Waals surface area contributed by atoms with E-state index < -0.39 is 17.2 Å². The maximum Gasteiger partial charge on any atom is 0.181 e. The number of aromatic nitrogens is 6. The van der Waals surface area contributed by atoms with Crippen LogP contribution in [0.5, 0.6) is 0 Å². The first-order chi connectivity index (χ1) is 20.7. The van der Waals surface area contributed by atoms with Gasteiger partial charge in [-0.05, 0) is 64.4 Å². The number of aliphatic hydroxyl groups is 1. The van der Waals surface area contributed by atoms with Crippen LogP contribution in [-0.4, -0.2) is 77.2 Å². The minimum Gasteiger partial charge on any atom is -0.389 e. The van der Waals surface area contributed by atoms with Gasteiger partial charge in [-0.25, -0.2) is 23.4 Å². The first-order valence-corrected chi connectivity index (χ1v) is 14.5. The van der Waals surface area contributed by atoms with Crippen LogP contribution in [0.25, 0.3) is 39.2 Å². The average Bonchev–Trinajstić information content (AvgIpc) is 3.51. The Bertz CT molecular complexity index is 1900. The molecule has 3 aromatic heterocycles. The molecule has 1 atom stereocenters. The third-order valence-electron chi connectivity index (χ3n) is 8.38. The molecule has 0 unspecified atom stereocenters. The van der Waals surface area contributed by atoms with Crippen molar-refractivity contribution in [2.45, 2.75) is 51.3 Å². The molecular formula is C31H31F2N9O. The van der Waals surface area contributed by atoms with Crippen LogP contribution in [0.3, 0.4) is 0 Å². The lowest BCUT2D eigenvalue weighted by molar-refractivity contribution is 0.0585. The first kappa shape index (κ1) is 27.4. The van der Waals surface area contributed by atoms with Crippen LogP contribution in [0.4, 0.5) is 14.6 Å². The topological polar surface area (TPSA) is 111 Å². The van der Waals surface area contributed by atoms with E-state index in [9.17, 15) is 14.8 Å². The normalized spacial score (nSPS) is 17.9. The van der Waals surface area contributed by atoms with Crippen molar-refractivity contribution in [1.82, 2.24) is 34.3 Å². The van der Waals surface area contributed by atoms with E-state index in [1.54, 1.807) is 42.8 Å². The summed E-state index contributed by atoms with van der Waals surface area (Å²) in [5, 5.41) is 28.0. The lowest BCUT2D eigenvalue weighted by atomic mass is 10.0. The fraction of sp³-hybridized carbons (Fsp3) is 0.387. The van der Waals surface area contributed by atoms with Gasteiger partial charge in [0.25, 0.3) is 0 Å². The van der Waals surface area contributed by atoms with Gasteiger partial charge in [0.15, 0.2) is 11.5 Å². The molecule has 0 bridgehead atoms. The molecule has 1 N–H and O–H groups in total. The van der Waals surface area contributed by atoms with E-state index in [4.69, 9.17) is 9.97 Å². The molecule has 5 aromatic rings. The number of hydrogen-bond acceptors (Lipinski definition) is 8. The Hall–Kier alpha value is -4.47. The number of nitriles is 1. The second-order valence-corrected chi connectivity index (χ2v) is 12.1. The van der Waals surface area contributed by atoms with E-state index in [0.29, 0.717) is 45.5 Å². The van der Waals surface area contributed by atoms with Crippen molar-refractivity contribution in [3.63, 3.8) is 0 Å². The second-order valence-electron chi connectivity index (χ2n) is 12.1. The van der Waals surface area contributed by atoms with E-state index in [-0.39, 0.29) is 17.7 Å². The number of benzene rings is 2. The Morgan fingerprint density at radius 2 is 1.93 bits per heavy atom. The summed E-state index contributed by atoms with van der Waals surface area (Å²) in [5.41, 5.74) is 1.64. The standard InChI is InChI=1S/C31H31F2N9O/c1-31(2,43)18-42-26-15-24(33)22(14-25(26)37-38-42)28-27(19-6-7-20(16-34)23(32)13-19)36-30-29(35-8-12-41(28)30)40-9-3-5-21(17-40)39-10-4-11-39/h6-8,12-15,21,43H,3-5,9-11,17-18H2,1-2H3/t21-/m1/s1. The van der Waals surface area contributed by atoms with E-state index >= 15 is 4.39 Å². The number of piperidine rings is 1. The maximum absolute atomic E-state index is 16.1. The fourth-order valence-electron chi connectivity index (χ4n) is 6.20. The third-order valence-corrected chi connectivity index (χ3v) is 8.38. The van der Waals surface area contributed by atoms with Gasteiger partial charge in [0, 0.05) is 48.7 Å². The van der Waals surface area contributed by atoms with Crippen molar-refractivity contribution in [3.05, 3.63) is 59.9 Å². The van der Waals surface area contributed by atoms with Crippen LogP contribution < -0.4 is 4.90 Å². The predicted octanol–water partition coefficient (Wildman–Crippen LogP) is 4.40. The molecule has 7 rings (SSSR count). The summed E-state index contributed by atoms with van der Waals surface area (Å²) in [6, 6.07) is 9.53. The molecule has 0 spiro atoms. The van der Waals surface area contributed by atoms with Crippen LogP contribution in [-0.2, 0) is 6.54 Å². The number of nitrogens with zero attached hydrogens (tertiary/aromatic N) is 9. The molecule has 0 radical (unpaired) electrons. The number of halogens is 2. The first-order valence-electron chi connectivity index (χ1n) is 14.5. The van der Waals surface area contributed by atoms with Crippen LogP contribution in [0.1, 0.15) is 38.7 Å². The van der Waals surface area contributed by atoms with Gasteiger partial charge in [-0.2, -0.15) is 5.26 Å².